The van der Waals surface area contributed by atoms with E-state index in [-0.39, 0.29) is 30.1 Å². The number of hydrogen-bond donors (Lipinski definition) is 2. The molecule has 2 bridgehead atoms. The van der Waals surface area contributed by atoms with E-state index < -0.39 is 29.1 Å². The third-order valence-electron chi connectivity index (χ3n) is 11.2. The average molecular weight is 691 g/mol. The predicted molar refractivity (Wildman–Crippen MR) is 192 cm³/mol. The fraction of sp³-hybridized carbons (Fsp3) is 0.550. The van der Waals surface area contributed by atoms with E-state index in [1.807, 2.05) is 42.3 Å². The summed E-state index contributed by atoms with van der Waals surface area (Å²) in [6, 6.07) is 11.8. The van der Waals surface area contributed by atoms with Crippen molar-refractivity contribution in [3.63, 3.8) is 0 Å². The molecule has 2 aliphatic heterocycles. The summed E-state index contributed by atoms with van der Waals surface area (Å²) in [5.41, 5.74) is 1.72. The van der Waals surface area contributed by atoms with Gasteiger partial charge in [-0.2, -0.15) is 0 Å². The highest BCUT2D eigenvalue weighted by Gasteiger charge is 2.47. The number of aliphatic carboxylic acids is 1. The van der Waals surface area contributed by atoms with E-state index in [1.54, 1.807) is 26.8 Å². The first-order valence-corrected chi connectivity index (χ1v) is 18.1. The molecule has 1 fully saturated rings. The molecular weight excluding hydrogens is 640 g/mol. The van der Waals surface area contributed by atoms with Crippen molar-refractivity contribution in [2.24, 2.45) is 11.8 Å². The van der Waals surface area contributed by atoms with E-state index in [1.165, 1.54) is 11.1 Å². The van der Waals surface area contributed by atoms with Crippen molar-refractivity contribution in [1.82, 2.24) is 4.90 Å². The number of aryl methyl sites for hydroxylation is 1. The Morgan fingerprint density at radius 1 is 1.16 bits per heavy atom. The molecule has 6 rings (SSSR count). The predicted octanol–water partition coefficient (Wildman–Crippen LogP) is 7.05. The highest BCUT2D eigenvalue weighted by molar-refractivity contribution is 6.30. The fourth-order valence-corrected chi connectivity index (χ4v) is 8.61. The Hall–Kier alpha value is -3.49. The van der Waals surface area contributed by atoms with Crippen molar-refractivity contribution < 1.29 is 29.3 Å². The Labute approximate surface area is 295 Å². The van der Waals surface area contributed by atoms with E-state index in [0.717, 1.165) is 42.8 Å². The van der Waals surface area contributed by atoms with Crippen LogP contribution in [0.5, 0.6) is 5.75 Å². The molecule has 0 amide bonds. The van der Waals surface area contributed by atoms with Gasteiger partial charge in [0.25, 0.3) is 0 Å². The lowest BCUT2D eigenvalue weighted by atomic mass is 9.68. The number of aliphatic hydroxyl groups excluding tert-OH is 1. The number of carbonyl (C=O) groups excluding carboxylic acids is 1. The minimum Gasteiger partial charge on any atom is -0.490 e. The van der Waals surface area contributed by atoms with Gasteiger partial charge in [0.05, 0.1) is 24.8 Å². The number of fused-ring (bicyclic) bond motifs is 4. The number of halogens is 1. The molecule has 0 radical (unpaired) electrons. The first-order valence-electron chi connectivity index (χ1n) is 17.7. The second-order valence-corrected chi connectivity index (χ2v) is 16.2. The number of benzene rings is 2. The number of rotatable bonds is 3. The number of carboxylic acid groups (broad SMARTS) is 1. The molecule has 0 aromatic heterocycles. The highest BCUT2D eigenvalue weighted by atomic mass is 35.5. The number of carbonyl (C=O) groups is 2. The number of esters is 1. The number of nitrogens with zero attached hydrogens (tertiary/aromatic N) is 2. The van der Waals surface area contributed by atoms with Gasteiger partial charge in [-0.05, 0) is 112 Å². The molecule has 2 heterocycles. The van der Waals surface area contributed by atoms with Crippen molar-refractivity contribution in [2.45, 2.75) is 94.7 Å². The van der Waals surface area contributed by atoms with E-state index in [0.29, 0.717) is 49.7 Å². The zero-order valence-corrected chi connectivity index (χ0v) is 30.1. The maximum Gasteiger partial charge on any atom is 0.315 e. The molecule has 264 valence electrons. The summed E-state index contributed by atoms with van der Waals surface area (Å²) in [5, 5.41) is 23.1. The average Bonchev–Trinajstić information content (AvgIpc) is 3.16. The van der Waals surface area contributed by atoms with Crippen molar-refractivity contribution in [2.75, 3.05) is 38.2 Å². The number of carboxylic acids is 1. The topological polar surface area (TPSA) is 99.5 Å². The van der Waals surface area contributed by atoms with Crippen LogP contribution in [-0.4, -0.2) is 72.0 Å². The van der Waals surface area contributed by atoms with Gasteiger partial charge in [0, 0.05) is 49.2 Å². The summed E-state index contributed by atoms with van der Waals surface area (Å²) in [4.78, 5) is 31.4. The minimum atomic E-state index is -1.63. The van der Waals surface area contributed by atoms with Gasteiger partial charge >= 0.3 is 11.9 Å². The molecule has 9 heteroatoms. The van der Waals surface area contributed by atoms with Crippen LogP contribution in [-0.2, 0) is 31.6 Å². The Morgan fingerprint density at radius 2 is 1.96 bits per heavy atom. The van der Waals surface area contributed by atoms with Gasteiger partial charge in [-0.1, -0.05) is 42.5 Å². The SMILES string of the molecule is C=C1C[C@](CC(=O)OC(C)(C)C)(C(=O)O)c2ccc3c(c2)N(C[C@@H]2CC[C@H]2[C@@H](O)/C=C/CCN1C)C[C@@]1(CCCc2cc(Cl)ccc21)CO3. The molecule has 0 unspecified atom stereocenters. The molecule has 0 saturated heterocycles. The van der Waals surface area contributed by atoms with Gasteiger partial charge in [-0.15, -0.1) is 0 Å². The molecule has 5 atom stereocenters. The molecule has 2 aromatic rings. The van der Waals surface area contributed by atoms with Crippen LogP contribution in [0.3, 0.4) is 0 Å². The molecule has 2 aromatic carbocycles. The zero-order chi connectivity index (χ0) is 35.1. The van der Waals surface area contributed by atoms with Crippen LogP contribution in [0, 0.1) is 11.8 Å². The van der Waals surface area contributed by atoms with Crippen LogP contribution in [0.1, 0.15) is 82.4 Å². The Kier molecular flexibility index (Phi) is 9.86. The lowest BCUT2D eigenvalue weighted by Crippen LogP contribution is -2.49. The second kappa shape index (κ2) is 13.7. The summed E-state index contributed by atoms with van der Waals surface area (Å²) in [5.74, 6) is -0.612. The lowest BCUT2D eigenvalue weighted by molar-refractivity contribution is -0.161. The van der Waals surface area contributed by atoms with Gasteiger partial charge in [-0.3, -0.25) is 9.59 Å². The van der Waals surface area contributed by atoms with Crippen molar-refractivity contribution in [3.8, 4) is 5.75 Å². The van der Waals surface area contributed by atoms with E-state index >= 15 is 0 Å². The maximum absolute atomic E-state index is 13.6. The summed E-state index contributed by atoms with van der Waals surface area (Å²) in [7, 11) is 1.89. The van der Waals surface area contributed by atoms with Crippen LogP contribution >= 0.6 is 11.6 Å². The van der Waals surface area contributed by atoms with Crippen molar-refractivity contribution >= 4 is 29.2 Å². The molecule has 4 aliphatic rings. The van der Waals surface area contributed by atoms with Crippen LogP contribution < -0.4 is 9.64 Å². The number of allylic oxidation sites excluding steroid dienone is 1. The molecular formula is C40H51ClN2O6. The van der Waals surface area contributed by atoms with E-state index in [9.17, 15) is 19.8 Å². The first-order chi connectivity index (χ1) is 23.2. The smallest absolute Gasteiger partial charge is 0.315 e. The summed E-state index contributed by atoms with van der Waals surface area (Å²) in [6.07, 6.45) is 8.62. The van der Waals surface area contributed by atoms with Gasteiger partial charge < -0.3 is 29.5 Å². The third-order valence-corrected chi connectivity index (χ3v) is 11.5. The maximum atomic E-state index is 13.6. The minimum absolute atomic E-state index is 0.0207. The third kappa shape index (κ3) is 7.23. The standard InChI is InChI=1S/C40H51ClN2O6/c1-26-21-40(37(46)47,22-36(45)49-38(2,3)4)29-12-16-35-33(20-29)43(23-28-11-14-31(28)34(44)10-6-7-18-42(26)5)24-39(25-48-35)17-8-9-27-19-30(41)13-15-32(27)39/h6,10,12-13,15-16,19-20,28,31,34,44H,1,7-9,11,14,17-18,21-25H2,2-5H3,(H,46,47)/b10-6+/t28-,31+,34-,39-,40+/m0/s1. The molecule has 2 N–H and O–H groups in total. The van der Waals surface area contributed by atoms with Crippen LogP contribution in [0.25, 0.3) is 0 Å². The van der Waals surface area contributed by atoms with Crippen LogP contribution in [0.4, 0.5) is 5.69 Å². The van der Waals surface area contributed by atoms with Crippen molar-refractivity contribution in [3.05, 3.63) is 82.5 Å². The normalized spacial score (nSPS) is 29.5. The van der Waals surface area contributed by atoms with Crippen LogP contribution in [0.15, 0.2) is 60.8 Å². The molecule has 49 heavy (non-hydrogen) atoms. The van der Waals surface area contributed by atoms with Crippen molar-refractivity contribution in [1.29, 1.82) is 0 Å². The van der Waals surface area contributed by atoms with Gasteiger partial charge in [0.1, 0.15) is 16.8 Å². The Morgan fingerprint density at radius 3 is 2.67 bits per heavy atom. The monoisotopic (exact) mass is 690 g/mol. The van der Waals surface area contributed by atoms with Crippen LogP contribution in [0.2, 0.25) is 5.02 Å². The first kappa shape index (κ1) is 35.3. The molecule has 2 aliphatic carbocycles. The summed E-state index contributed by atoms with van der Waals surface area (Å²) in [6.45, 7) is 12.1. The fourth-order valence-electron chi connectivity index (χ4n) is 8.42. The van der Waals surface area contributed by atoms with Gasteiger partial charge in [0.15, 0.2) is 0 Å². The second-order valence-electron chi connectivity index (χ2n) is 15.8. The number of hydrogen-bond acceptors (Lipinski definition) is 7. The number of ether oxygens (including phenoxy) is 2. The Bertz CT molecular complexity index is 1630. The largest absolute Gasteiger partial charge is 0.490 e. The van der Waals surface area contributed by atoms with E-state index in [4.69, 9.17) is 21.1 Å². The molecule has 1 saturated carbocycles. The number of anilines is 1. The van der Waals surface area contributed by atoms with Gasteiger partial charge in [0.2, 0.25) is 0 Å². The van der Waals surface area contributed by atoms with E-state index in [2.05, 4.69) is 23.6 Å². The summed E-state index contributed by atoms with van der Waals surface area (Å²) < 4.78 is 12.4. The summed E-state index contributed by atoms with van der Waals surface area (Å²) >= 11 is 6.46. The highest BCUT2D eigenvalue weighted by Crippen LogP contribution is 2.48. The molecule has 1 spiro atoms. The Balaban J connectivity index is 1.49. The van der Waals surface area contributed by atoms with Gasteiger partial charge in [-0.25, -0.2) is 0 Å². The lowest BCUT2D eigenvalue weighted by Gasteiger charge is -2.45. The zero-order valence-electron chi connectivity index (χ0n) is 29.3. The molecule has 8 nitrogen and oxygen atoms in total. The number of aliphatic hydroxyl groups is 1. The quantitative estimate of drug-likeness (QED) is 0.261.